The summed E-state index contributed by atoms with van der Waals surface area (Å²) in [5.41, 5.74) is 0. The third kappa shape index (κ3) is 2.16. The zero-order valence-electron chi connectivity index (χ0n) is 8.91. The summed E-state index contributed by atoms with van der Waals surface area (Å²) in [6, 6.07) is 0. The molecule has 1 N–H and O–H groups in total. The van der Waals surface area contributed by atoms with Gasteiger partial charge in [-0.15, -0.1) is 0 Å². The van der Waals surface area contributed by atoms with Gasteiger partial charge in [0.25, 0.3) is 0 Å². The molecule has 4 heteroatoms. The summed E-state index contributed by atoms with van der Waals surface area (Å²) < 4.78 is 10.8. The van der Waals surface area contributed by atoms with Crippen LogP contribution in [0.4, 0.5) is 0 Å². The van der Waals surface area contributed by atoms with E-state index in [9.17, 15) is 4.79 Å². The van der Waals surface area contributed by atoms with Gasteiger partial charge < -0.3 is 14.6 Å². The second kappa shape index (κ2) is 4.49. The Morgan fingerprint density at radius 1 is 1.33 bits per heavy atom. The van der Waals surface area contributed by atoms with Crippen LogP contribution in [0.15, 0.2) is 0 Å². The molecule has 1 heterocycles. The molecule has 1 unspecified atom stereocenters. The van der Waals surface area contributed by atoms with Crippen molar-refractivity contribution in [3.8, 4) is 0 Å². The summed E-state index contributed by atoms with van der Waals surface area (Å²) in [6.45, 7) is 0.0419. The van der Waals surface area contributed by atoms with Crippen molar-refractivity contribution in [2.24, 2.45) is 5.92 Å². The maximum atomic E-state index is 11.1. The van der Waals surface area contributed by atoms with E-state index in [0.29, 0.717) is 6.42 Å². The quantitative estimate of drug-likeness (QED) is 0.718. The molecule has 2 fully saturated rings. The van der Waals surface area contributed by atoms with Crippen LogP contribution in [0.25, 0.3) is 0 Å². The molecule has 2 aliphatic rings. The Morgan fingerprint density at radius 3 is 2.60 bits per heavy atom. The lowest BCUT2D eigenvalue weighted by molar-refractivity contribution is -0.211. The predicted molar refractivity (Wildman–Crippen MR) is 53.1 cm³/mol. The van der Waals surface area contributed by atoms with Gasteiger partial charge in [0.1, 0.15) is 6.61 Å². The molecule has 0 aromatic heterocycles. The molecule has 0 radical (unpaired) electrons. The second-order valence-corrected chi connectivity index (χ2v) is 4.38. The Kier molecular flexibility index (Phi) is 3.26. The molecule has 0 amide bonds. The molecule has 0 aromatic carbocycles. The number of carbonyl (C=O) groups excluding carboxylic acids is 1. The molecule has 1 atom stereocenters. The monoisotopic (exact) mass is 214 g/mol. The summed E-state index contributed by atoms with van der Waals surface area (Å²) in [6.07, 6.45) is 6.06. The molecule has 1 saturated carbocycles. The molecular weight excluding hydrogens is 196 g/mol. The predicted octanol–water partition coefficient (Wildman–Crippen LogP) is 1.22. The molecule has 1 saturated heterocycles. The van der Waals surface area contributed by atoms with E-state index in [4.69, 9.17) is 14.6 Å². The van der Waals surface area contributed by atoms with Crippen molar-refractivity contribution < 1.29 is 19.4 Å². The van der Waals surface area contributed by atoms with Gasteiger partial charge in [-0.2, -0.15) is 0 Å². The molecule has 0 bridgehead atoms. The van der Waals surface area contributed by atoms with E-state index in [1.807, 2.05) is 0 Å². The first-order valence-electron chi connectivity index (χ1n) is 5.73. The Hall–Kier alpha value is -0.610. The Balaban J connectivity index is 2.07. The molecule has 2 rings (SSSR count). The SMILES string of the molecule is O=C1COC(CCO)(C2CCCCC2)O1. The zero-order valence-corrected chi connectivity index (χ0v) is 8.91. The fraction of sp³-hybridized carbons (Fsp3) is 0.909. The number of aliphatic hydroxyl groups excluding tert-OH is 1. The number of carbonyl (C=O) groups is 1. The molecule has 86 valence electrons. The van der Waals surface area contributed by atoms with Crippen LogP contribution in [0, 0.1) is 5.92 Å². The average Bonchev–Trinajstić information content (AvgIpc) is 2.63. The Morgan fingerprint density at radius 2 is 2.07 bits per heavy atom. The fourth-order valence-corrected chi connectivity index (χ4v) is 2.66. The third-order valence-electron chi connectivity index (χ3n) is 3.41. The highest BCUT2D eigenvalue weighted by molar-refractivity contribution is 5.72. The van der Waals surface area contributed by atoms with Gasteiger partial charge in [0.15, 0.2) is 0 Å². The number of cyclic esters (lactones) is 1. The van der Waals surface area contributed by atoms with Crippen LogP contribution in [-0.2, 0) is 14.3 Å². The first-order chi connectivity index (χ1) is 7.27. The summed E-state index contributed by atoms with van der Waals surface area (Å²) in [4.78, 5) is 11.1. The van der Waals surface area contributed by atoms with Crippen molar-refractivity contribution in [3.63, 3.8) is 0 Å². The minimum atomic E-state index is -0.813. The minimum absolute atomic E-state index is 0.00375. The Bertz CT molecular complexity index is 235. The average molecular weight is 214 g/mol. The lowest BCUT2D eigenvalue weighted by atomic mass is 9.82. The van der Waals surface area contributed by atoms with Crippen LogP contribution in [0.1, 0.15) is 38.5 Å². The first-order valence-corrected chi connectivity index (χ1v) is 5.73. The van der Waals surface area contributed by atoms with Crippen molar-refractivity contribution in [3.05, 3.63) is 0 Å². The molecule has 15 heavy (non-hydrogen) atoms. The lowest BCUT2D eigenvalue weighted by Crippen LogP contribution is -2.41. The molecule has 0 aromatic rings. The smallest absolute Gasteiger partial charge is 0.334 e. The highest BCUT2D eigenvalue weighted by Gasteiger charge is 2.47. The van der Waals surface area contributed by atoms with Crippen molar-refractivity contribution >= 4 is 5.97 Å². The second-order valence-electron chi connectivity index (χ2n) is 4.38. The van der Waals surface area contributed by atoms with Crippen LogP contribution in [0.5, 0.6) is 0 Å². The van der Waals surface area contributed by atoms with Crippen molar-refractivity contribution in [1.29, 1.82) is 0 Å². The normalized spacial score (nSPS) is 33.0. The first kappa shape index (κ1) is 10.9. The summed E-state index contributed by atoms with van der Waals surface area (Å²) in [5, 5.41) is 9.04. The van der Waals surface area contributed by atoms with Gasteiger partial charge in [0.05, 0.1) is 0 Å². The largest absolute Gasteiger partial charge is 0.431 e. The van der Waals surface area contributed by atoms with Gasteiger partial charge in [-0.1, -0.05) is 19.3 Å². The molecule has 1 aliphatic heterocycles. The van der Waals surface area contributed by atoms with Crippen LogP contribution < -0.4 is 0 Å². The lowest BCUT2D eigenvalue weighted by Gasteiger charge is -2.36. The summed E-state index contributed by atoms with van der Waals surface area (Å²) in [5.74, 6) is -0.842. The number of hydrogen-bond donors (Lipinski definition) is 1. The van der Waals surface area contributed by atoms with E-state index in [2.05, 4.69) is 0 Å². The van der Waals surface area contributed by atoms with Gasteiger partial charge in [0.2, 0.25) is 5.79 Å². The Labute approximate surface area is 89.6 Å². The molecule has 4 nitrogen and oxygen atoms in total. The van der Waals surface area contributed by atoms with Crippen molar-refractivity contribution in [2.75, 3.05) is 13.2 Å². The van der Waals surface area contributed by atoms with Gasteiger partial charge in [-0.25, -0.2) is 4.79 Å². The maximum Gasteiger partial charge on any atom is 0.334 e. The van der Waals surface area contributed by atoms with E-state index in [-0.39, 0.29) is 25.1 Å². The van der Waals surface area contributed by atoms with Gasteiger partial charge in [-0.3, -0.25) is 0 Å². The van der Waals surface area contributed by atoms with Crippen molar-refractivity contribution in [1.82, 2.24) is 0 Å². The summed E-state index contributed by atoms with van der Waals surface area (Å²) >= 11 is 0. The zero-order chi connectivity index (χ0) is 10.7. The highest BCUT2D eigenvalue weighted by Crippen LogP contribution is 2.40. The van der Waals surface area contributed by atoms with E-state index < -0.39 is 5.79 Å². The minimum Gasteiger partial charge on any atom is -0.431 e. The fourth-order valence-electron chi connectivity index (χ4n) is 2.66. The van der Waals surface area contributed by atoms with E-state index >= 15 is 0 Å². The van der Waals surface area contributed by atoms with E-state index in [1.165, 1.54) is 19.3 Å². The number of ether oxygens (including phenoxy) is 2. The number of rotatable bonds is 3. The highest BCUT2D eigenvalue weighted by atomic mass is 16.8. The molecular formula is C11H18O4. The summed E-state index contributed by atoms with van der Waals surface area (Å²) in [7, 11) is 0. The standard InChI is InChI=1S/C11H18O4/c12-7-6-11(14-8-10(13)15-11)9-4-2-1-3-5-9/h9,12H,1-8H2. The maximum absolute atomic E-state index is 11.1. The van der Waals surface area contributed by atoms with E-state index in [0.717, 1.165) is 12.8 Å². The number of esters is 1. The van der Waals surface area contributed by atoms with Gasteiger partial charge >= 0.3 is 5.97 Å². The van der Waals surface area contributed by atoms with Crippen LogP contribution in [0.2, 0.25) is 0 Å². The van der Waals surface area contributed by atoms with Crippen molar-refractivity contribution in [2.45, 2.75) is 44.3 Å². The van der Waals surface area contributed by atoms with Gasteiger partial charge in [0, 0.05) is 18.9 Å². The van der Waals surface area contributed by atoms with Crippen LogP contribution in [0.3, 0.4) is 0 Å². The third-order valence-corrected chi connectivity index (χ3v) is 3.41. The number of hydrogen-bond acceptors (Lipinski definition) is 4. The molecule has 0 spiro atoms. The van der Waals surface area contributed by atoms with Gasteiger partial charge in [-0.05, 0) is 12.8 Å². The molecule has 1 aliphatic carbocycles. The number of aliphatic hydroxyl groups is 1. The van der Waals surface area contributed by atoms with Crippen LogP contribution in [-0.4, -0.2) is 30.1 Å². The van der Waals surface area contributed by atoms with Crippen LogP contribution >= 0.6 is 0 Å². The van der Waals surface area contributed by atoms with E-state index in [1.54, 1.807) is 0 Å². The topological polar surface area (TPSA) is 55.8 Å².